The van der Waals surface area contributed by atoms with Gasteiger partial charge in [0, 0.05) is 5.54 Å². The van der Waals surface area contributed by atoms with Gasteiger partial charge in [-0.25, -0.2) is 4.39 Å². The summed E-state index contributed by atoms with van der Waals surface area (Å²) in [5.74, 6) is -0.520. The van der Waals surface area contributed by atoms with E-state index >= 15 is 0 Å². The van der Waals surface area contributed by atoms with Crippen LogP contribution in [0, 0.1) is 5.82 Å². The Morgan fingerprint density at radius 3 is 2.80 bits per heavy atom. The molecule has 3 nitrogen and oxygen atoms in total. The van der Waals surface area contributed by atoms with E-state index in [1.54, 1.807) is 0 Å². The zero-order valence-electron chi connectivity index (χ0n) is 8.14. The van der Waals surface area contributed by atoms with Crippen LogP contribution in [0.1, 0.15) is 24.0 Å². The van der Waals surface area contributed by atoms with Gasteiger partial charge < -0.3 is 11.1 Å². The lowest BCUT2D eigenvalue weighted by Gasteiger charge is -2.11. The molecule has 1 aromatic carbocycles. The summed E-state index contributed by atoms with van der Waals surface area (Å²) in [6, 6.07) is 3.29. The molecule has 1 amide bonds. The third-order valence-corrected chi connectivity index (χ3v) is 3.15. The molecule has 0 radical (unpaired) electrons. The molecule has 0 saturated heterocycles. The Bertz CT molecular complexity index is 466. The molecule has 0 spiro atoms. The van der Waals surface area contributed by atoms with E-state index in [1.165, 1.54) is 6.07 Å². The number of nitrogens with two attached hydrogens (primary N) is 1. The van der Waals surface area contributed by atoms with Gasteiger partial charge in [0.2, 0.25) is 5.91 Å². The summed E-state index contributed by atoms with van der Waals surface area (Å²) >= 11 is 0. The van der Waals surface area contributed by atoms with Crippen LogP contribution in [-0.4, -0.2) is 5.91 Å². The number of carbonyl (C=O) groups excluding carboxylic acids is 1. The maximum atomic E-state index is 13.6. The molecule has 0 bridgehead atoms. The fraction of sp³-hybridized carbons (Fsp3) is 0.364. The van der Waals surface area contributed by atoms with E-state index in [-0.39, 0.29) is 23.7 Å². The molecule has 4 heteroatoms. The minimum absolute atomic E-state index is 0.150. The molecule has 2 aliphatic rings. The Hall–Kier alpha value is -1.42. The van der Waals surface area contributed by atoms with Crippen molar-refractivity contribution in [3.05, 3.63) is 29.1 Å². The average Bonchev–Trinajstić information content (AvgIpc) is 2.79. The maximum absolute atomic E-state index is 13.6. The Labute approximate surface area is 86.5 Å². The smallest absolute Gasteiger partial charge is 0.228 e. The monoisotopic (exact) mass is 206 g/mol. The lowest BCUT2D eigenvalue weighted by atomic mass is 10.0. The summed E-state index contributed by atoms with van der Waals surface area (Å²) < 4.78 is 13.6. The van der Waals surface area contributed by atoms with E-state index in [0.717, 1.165) is 24.0 Å². The SMILES string of the molecule is NC1(c2cc(F)c3c(c2)CC(=O)N3)CC1. The van der Waals surface area contributed by atoms with Gasteiger partial charge >= 0.3 is 0 Å². The highest BCUT2D eigenvalue weighted by Gasteiger charge is 2.41. The second-order valence-corrected chi connectivity index (χ2v) is 4.37. The van der Waals surface area contributed by atoms with Gasteiger partial charge in [0.15, 0.2) is 0 Å². The first kappa shape index (κ1) is 8.85. The molecule has 1 aliphatic carbocycles. The molecular weight excluding hydrogens is 195 g/mol. The fourth-order valence-corrected chi connectivity index (χ4v) is 2.01. The van der Waals surface area contributed by atoms with Gasteiger partial charge in [-0.15, -0.1) is 0 Å². The number of rotatable bonds is 1. The molecule has 0 unspecified atom stereocenters. The summed E-state index contributed by atoms with van der Waals surface area (Å²) in [4.78, 5) is 11.1. The Morgan fingerprint density at radius 1 is 1.40 bits per heavy atom. The standard InChI is InChI=1S/C11H11FN2O/c12-8-5-7(11(13)1-2-11)3-6-4-9(15)14-10(6)8/h3,5H,1-2,4,13H2,(H,14,15). The number of fused-ring (bicyclic) bond motifs is 1. The van der Waals surface area contributed by atoms with Crippen molar-refractivity contribution in [3.63, 3.8) is 0 Å². The van der Waals surface area contributed by atoms with Crippen LogP contribution < -0.4 is 11.1 Å². The predicted octanol–water partition coefficient (Wildman–Crippen LogP) is 1.27. The van der Waals surface area contributed by atoms with Crippen LogP contribution in [0.25, 0.3) is 0 Å². The summed E-state index contributed by atoms with van der Waals surface area (Å²) in [5, 5.41) is 2.51. The number of hydrogen-bond donors (Lipinski definition) is 2. The number of benzene rings is 1. The first-order valence-electron chi connectivity index (χ1n) is 5.00. The van der Waals surface area contributed by atoms with Crippen molar-refractivity contribution in [2.75, 3.05) is 5.32 Å². The van der Waals surface area contributed by atoms with Crippen molar-refractivity contribution in [1.82, 2.24) is 0 Å². The van der Waals surface area contributed by atoms with Gasteiger partial charge in [-0.1, -0.05) is 6.07 Å². The van der Waals surface area contributed by atoms with E-state index in [1.807, 2.05) is 6.07 Å². The summed E-state index contributed by atoms with van der Waals surface area (Å²) in [5.41, 5.74) is 7.52. The molecular formula is C11H11FN2O. The molecule has 1 aromatic rings. The van der Waals surface area contributed by atoms with E-state index in [4.69, 9.17) is 5.73 Å². The lowest BCUT2D eigenvalue weighted by molar-refractivity contribution is -0.115. The molecule has 15 heavy (non-hydrogen) atoms. The van der Waals surface area contributed by atoms with Crippen LogP contribution in [0.15, 0.2) is 12.1 Å². The number of carbonyl (C=O) groups is 1. The number of halogens is 1. The molecule has 0 aromatic heterocycles. The van der Waals surface area contributed by atoms with Gasteiger partial charge in [0.25, 0.3) is 0 Å². The minimum atomic E-state index is -0.370. The van der Waals surface area contributed by atoms with Crippen LogP contribution in [-0.2, 0) is 16.8 Å². The van der Waals surface area contributed by atoms with Crippen molar-refractivity contribution in [1.29, 1.82) is 0 Å². The lowest BCUT2D eigenvalue weighted by Crippen LogP contribution is -2.19. The zero-order valence-corrected chi connectivity index (χ0v) is 8.14. The van der Waals surface area contributed by atoms with Crippen LogP contribution in [0.2, 0.25) is 0 Å². The van der Waals surface area contributed by atoms with Gasteiger partial charge in [0.1, 0.15) is 5.82 Å². The molecule has 3 N–H and O–H groups in total. The molecule has 78 valence electrons. The Kier molecular flexibility index (Phi) is 1.52. The second-order valence-electron chi connectivity index (χ2n) is 4.37. The molecule has 3 rings (SSSR count). The van der Waals surface area contributed by atoms with E-state index in [2.05, 4.69) is 5.32 Å². The highest BCUT2D eigenvalue weighted by Crippen LogP contribution is 2.44. The van der Waals surface area contributed by atoms with Gasteiger partial charge in [-0.2, -0.15) is 0 Å². The first-order valence-corrected chi connectivity index (χ1v) is 5.00. The van der Waals surface area contributed by atoms with E-state index in [9.17, 15) is 9.18 Å². The topological polar surface area (TPSA) is 55.1 Å². The van der Waals surface area contributed by atoms with Crippen LogP contribution >= 0.6 is 0 Å². The molecule has 1 fully saturated rings. The number of hydrogen-bond acceptors (Lipinski definition) is 2. The van der Waals surface area contributed by atoms with Crippen molar-refractivity contribution in [2.24, 2.45) is 5.73 Å². The Morgan fingerprint density at radius 2 is 2.13 bits per heavy atom. The number of amides is 1. The molecule has 1 saturated carbocycles. The second kappa shape index (κ2) is 2.58. The summed E-state index contributed by atoms with van der Waals surface area (Å²) in [7, 11) is 0. The summed E-state index contributed by atoms with van der Waals surface area (Å²) in [6.45, 7) is 0. The third-order valence-electron chi connectivity index (χ3n) is 3.15. The van der Waals surface area contributed by atoms with Crippen LogP contribution in [0.4, 0.5) is 10.1 Å². The number of anilines is 1. The molecule has 0 atom stereocenters. The van der Waals surface area contributed by atoms with Crippen molar-refractivity contribution < 1.29 is 9.18 Å². The maximum Gasteiger partial charge on any atom is 0.228 e. The average molecular weight is 206 g/mol. The predicted molar refractivity (Wildman–Crippen MR) is 53.8 cm³/mol. The van der Waals surface area contributed by atoms with Gasteiger partial charge in [-0.3, -0.25) is 4.79 Å². The minimum Gasteiger partial charge on any atom is -0.323 e. The third kappa shape index (κ3) is 1.25. The highest BCUT2D eigenvalue weighted by atomic mass is 19.1. The van der Waals surface area contributed by atoms with E-state index < -0.39 is 0 Å². The quantitative estimate of drug-likeness (QED) is 0.727. The largest absolute Gasteiger partial charge is 0.323 e. The molecule has 1 aliphatic heterocycles. The van der Waals surface area contributed by atoms with Crippen molar-refractivity contribution >= 4 is 11.6 Å². The van der Waals surface area contributed by atoms with Gasteiger partial charge in [-0.05, 0) is 30.0 Å². The first-order chi connectivity index (χ1) is 7.08. The fourth-order valence-electron chi connectivity index (χ4n) is 2.01. The van der Waals surface area contributed by atoms with Crippen molar-refractivity contribution in [3.8, 4) is 0 Å². The molecule has 1 heterocycles. The van der Waals surface area contributed by atoms with Crippen LogP contribution in [0.5, 0.6) is 0 Å². The normalized spacial score (nSPS) is 21.1. The van der Waals surface area contributed by atoms with E-state index in [0.29, 0.717) is 5.69 Å². The van der Waals surface area contributed by atoms with Crippen molar-refractivity contribution in [2.45, 2.75) is 24.8 Å². The van der Waals surface area contributed by atoms with Crippen LogP contribution in [0.3, 0.4) is 0 Å². The van der Waals surface area contributed by atoms with Gasteiger partial charge in [0.05, 0.1) is 12.1 Å². The zero-order chi connectivity index (χ0) is 10.6. The summed E-state index contributed by atoms with van der Waals surface area (Å²) in [6.07, 6.45) is 2.05. The highest BCUT2D eigenvalue weighted by molar-refractivity contribution is 5.99. The Balaban J connectivity index is 2.11. The number of nitrogens with one attached hydrogen (secondary N) is 1.